The molecule has 1 aromatic heterocycles. The van der Waals surface area contributed by atoms with Crippen LogP contribution in [0.25, 0.3) is 11.4 Å². The predicted octanol–water partition coefficient (Wildman–Crippen LogP) is 4.94. The fourth-order valence-corrected chi connectivity index (χ4v) is 2.55. The Kier molecular flexibility index (Phi) is 4.56. The van der Waals surface area contributed by atoms with Crippen LogP contribution in [-0.4, -0.2) is 21.1 Å². The number of aromatic nitrogens is 3. The first kappa shape index (κ1) is 15.9. The highest BCUT2D eigenvalue weighted by molar-refractivity contribution is 7.71. The molecule has 0 fully saturated rings. The Bertz CT molecular complexity index is 931. The van der Waals surface area contributed by atoms with Crippen LogP contribution in [0.1, 0.15) is 5.56 Å². The number of H-pyrrole nitrogens is 1. The van der Waals surface area contributed by atoms with Crippen LogP contribution in [0.15, 0.2) is 47.6 Å². The second-order valence-corrected chi connectivity index (χ2v) is 5.81. The lowest BCUT2D eigenvalue weighted by molar-refractivity contribution is 0.628. The van der Waals surface area contributed by atoms with Crippen LogP contribution >= 0.6 is 35.4 Å². The Labute approximate surface area is 146 Å². The summed E-state index contributed by atoms with van der Waals surface area (Å²) in [6, 6.07) is 11.0. The highest BCUT2D eigenvalue weighted by atomic mass is 35.5. The highest BCUT2D eigenvalue weighted by Gasteiger charge is 2.08. The van der Waals surface area contributed by atoms with Crippen molar-refractivity contribution >= 4 is 41.6 Å². The molecule has 0 aliphatic rings. The van der Waals surface area contributed by atoms with E-state index in [2.05, 4.69) is 15.3 Å². The highest BCUT2D eigenvalue weighted by Crippen LogP contribution is 2.21. The molecule has 4 nitrogen and oxygen atoms in total. The molecule has 0 amide bonds. The van der Waals surface area contributed by atoms with Crippen molar-refractivity contribution in [1.29, 1.82) is 0 Å². The van der Waals surface area contributed by atoms with Gasteiger partial charge in [-0.15, -0.1) is 0 Å². The first-order valence-corrected chi connectivity index (χ1v) is 7.64. The first-order chi connectivity index (χ1) is 11.0. The van der Waals surface area contributed by atoms with E-state index in [1.807, 2.05) is 0 Å². The number of halogens is 3. The van der Waals surface area contributed by atoms with Crippen LogP contribution < -0.4 is 0 Å². The molecule has 0 aliphatic heterocycles. The maximum Gasteiger partial charge on any atom is 0.216 e. The second-order valence-electron chi connectivity index (χ2n) is 4.58. The second kappa shape index (κ2) is 6.62. The third-order valence-electron chi connectivity index (χ3n) is 3.03. The molecule has 2 aromatic carbocycles. The van der Waals surface area contributed by atoms with Crippen molar-refractivity contribution in [2.75, 3.05) is 0 Å². The number of benzene rings is 2. The Balaban J connectivity index is 2.00. The van der Waals surface area contributed by atoms with E-state index in [1.54, 1.807) is 36.5 Å². The number of rotatable bonds is 3. The summed E-state index contributed by atoms with van der Waals surface area (Å²) in [5, 5.41) is 12.1. The maximum atomic E-state index is 13.0. The summed E-state index contributed by atoms with van der Waals surface area (Å²) in [7, 11) is 0. The standard InChI is InChI=1S/C15H9Cl2FN4S/c16-11-4-1-10(13(17)7-11)8-19-22-14(20-21-15(22)23)9-2-5-12(18)6-3-9/h1-8H,(H,21,23). The number of nitrogens with zero attached hydrogens (tertiary/aromatic N) is 3. The van der Waals surface area contributed by atoms with Gasteiger partial charge >= 0.3 is 0 Å². The average molecular weight is 367 g/mol. The Morgan fingerprint density at radius 2 is 1.91 bits per heavy atom. The van der Waals surface area contributed by atoms with Crippen molar-refractivity contribution in [1.82, 2.24) is 14.9 Å². The lowest BCUT2D eigenvalue weighted by Gasteiger charge is -2.02. The fourth-order valence-electron chi connectivity index (χ4n) is 1.91. The molecule has 0 aliphatic carbocycles. The molecule has 3 rings (SSSR count). The Morgan fingerprint density at radius 3 is 2.61 bits per heavy atom. The van der Waals surface area contributed by atoms with Gasteiger partial charge in [-0.05, 0) is 48.6 Å². The minimum Gasteiger partial charge on any atom is -0.250 e. The van der Waals surface area contributed by atoms with Gasteiger partial charge in [0.2, 0.25) is 4.77 Å². The summed E-state index contributed by atoms with van der Waals surface area (Å²) in [4.78, 5) is 0. The van der Waals surface area contributed by atoms with E-state index in [-0.39, 0.29) is 5.82 Å². The summed E-state index contributed by atoms with van der Waals surface area (Å²) in [5.74, 6) is 0.141. The van der Waals surface area contributed by atoms with Crippen molar-refractivity contribution in [2.45, 2.75) is 0 Å². The lowest BCUT2D eigenvalue weighted by atomic mass is 10.2. The van der Waals surface area contributed by atoms with Gasteiger partial charge in [0.25, 0.3) is 0 Å². The molecular formula is C15H9Cl2FN4S. The van der Waals surface area contributed by atoms with E-state index in [9.17, 15) is 4.39 Å². The quantitative estimate of drug-likeness (QED) is 0.527. The minimum atomic E-state index is -0.328. The van der Waals surface area contributed by atoms with Crippen molar-refractivity contribution in [2.24, 2.45) is 5.10 Å². The molecule has 0 spiro atoms. The molecule has 116 valence electrons. The molecule has 0 atom stereocenters. The molecular weight excluding hydrogens is 358 g/mol. The van der Waals surface area contributed by atoms with Crippen LogP contribution in [0, 0.1) is 10.6 Å². The fraction of sp³-hybridized carbons (Fsp3) is 0. The van der Waals surface area contributed by atoms with Crippen molar-refractivity contribution < 1.29 is 4.39 Å². The smallest absolute Gasteiger partial charge is 0.216 e. The molecule has 0 saturated heterocycles. The van der Waals surface area contributed by atoms with Crippen LogP contribution in [-0.2, 0) is 0 Å². The van der Waals surface area contributed by atoms with E-state index in [0.29, 0.717) is 31.8 Å². The van der Waals surface area contributed by atoms with Crippen LogP contribution in [0.3, 0.4) is 0 Å². The molecule has 1 N–H and O–H groups in total. The van der Waals surface area contributed by atoms with E-state index >= 15 is 0 Å². The summed E-state index contributed by atoms with van der Waals surface area (Å²) < 4.78 is 14.8. The summed E-state index contributed by atoms with van der Waals surface area (Å²) in [6.45, 7) is 0. The van der Waals surface area contributed by atoms with Gasteiger partial charge < -0.3 is 0 Å². The van der Waals surface area contributed by atoms with Gasteiger partial charge in [0.1, 0.15) is 5.82 Å². The molecule has 0 bridgehead atoms. The van der Waals surface area contributed by atoms with Crippen molar-refractivity contribution in [3.8, 4) is 11.4 Å². The third kappa shape index (κ3) is 3.50. The first-order valence-electron chi connectivity index (χ1n) is 6.47. The SMILES string of the molecule is Fc1ccc(-c2n[nH]c(=S)n2N=Cc2ccc(Cl)cc2Cl)cc1. The monoisotopic (exact) mass is 366 g/mol. The van der Waals surface area contributed by atoms with Crippen LogP contribution in [0.2, 0.25) is 10.0 Å². The van der Waals surface area contributed by atoms with Gasteiger partial charge in [-0.1, -0.05) is 29.3 Å². The van der Waals surface area contributed by atoms with Crippen LogP contribution in [0.4, 0.5) is 4.39 Å². The zero-order valence-corrected chi connectivity index (χ0v) is 13.8. The maximum absolute atomic E-state index is 13.0. The van der Waals surface area contributed by atoms with Crippen molar-refractivity contribution in [3.05, 3.63) is 68.7 Å². The molecule has 3 aromatic rings. The molecule has 0 unspecified atom stereocenters. The molecule has 0 saturated carbocycles. The largest absolute Gasteiger partial charge is 0.250 e. The molecule has 0 radical (unpaired) electrons. The Morgan fingerprint density at radius 1 is 1.17 bits per heavy atom. The number of hydrogen-bond donors (Lipinski definition) is 1. The van der Waals surface area contributed by atoms with E-state index in [0.717, 1.165) is 0 Å². The lowest BCUT2D eigenvalue weighted by Crippen LogP contribution is -1.95. The van der Waals surface area contributed by atoms with Gasteiger partial charge in [-0.2, -0.15) is 14.9 Å². The van der Waals surface area contributed by atoms with Crippen molar-refractivity contribution in [3.63, 3.8) is 0 Å². The Hall–Kier alpha value is -2.02. The molecule has 1 heterocycles. The summed E-state index contributed by atoms with van der Waals surface area (Å²) in [6.07, 6.45) is 1.55. The predicted molar refractivity (Wildman–Crippen MR) is 92.3 cm³/mol. The topological polar surface area (TPSA) is 46.0 Å². The van der Waals surface area contributed by atoms with Gasteiger partial charge in [-0.3, -0.25) is 0 Å². The zero-order chi connectivity index (χ0) is 16.4. The summed E-state index contributed by atoms with van der Waals surface area (Å²) in [5.41, 5.74) is 1.36. The van der Waals surface area contributed by atoms with Gasteiger partial charge in [0.05, 0.1) is 11.2 Å². The molecule has 23 heavy (non-hydrogen) atoms. The normalized spacial score (nSPS) is 11.3. The van der Waals surface area contributed by atoms with E-state index < -0.39 is 0 Å². The summed E-state index contributed by atoms with van der Waals surface area (Å²) >= 11 is 17.1. The van der Waals surface area contributed by atoms with Crippen LogP contribution in [0.5, 0.6) is 0 Å². The van der Waals surface area contributed by atoms with Gasteiger partial charge in [0, 0.05) is 16.1 Å². The van der Waals surface area contributed by atoms with Gasteiger partial charge in [-0.25, -0.2) is 9.49 Å². The van der Waals surface area contributed by atoms with E-state index in [4.69, 9.17) is 35.4 Å². The average Bonchev–Trinajstić information content (AvgIpc) is 2.88. The number of aromatic amines is 1. The number of nitrogens with one attached hydrogen (secondary N) is 1. The molecule has 8 heteroatoms. The van der Waals surface area contributed by atoms with E-state index in [1.165, 1.54) is 16.8 Å². The van der Waals surface area contributed by atoms with Gasteiger partial charge in [0.15, 0.2) is 5.82 Å². The minimum absolute atomic E-state index is 0.311. The number of hydrogen-bond acceptors (Lipinski definition) is 3. The zero-order valence-electron chi connectivity index (χ0n) is 11.5. The third-order valence-corrected chi connectivity index (χ3v) is 3.85.